The van der Waals surface area contributed by atoms with Crippen molar-refractivity contribution in [2.75, 3.05) is 11.5 Å². The summed E-state index contributed by atoms with van der Waals surface area (Å²) in [5.41, 5.74) is 14.1. The summed E-state index contributed by atoms with van der Waals surface area (Å²) < 4.78 is 5.52. The zero-order valence-corrected chi connectivity index (χ0v) is 10.3. The third-order valence-corrected chi connectivity index (χ3v) is 2.77. The standard InChI is InChI=1S/C14H16N2O3/c15-13-5-11(17)3-1-9(13)7-19-8-10-2-4-12(18)6-14(10)16/h1-6,17-18H,7-8,15-16H2. The quantitative estimate of drug-likeness (QED) is 0.629. The Balaban J connectivity index is 1.96. The van der Waals surface area contributed by atoms with Gasteiger partial charge in [-0.05, 0) is 12.1 Å². The first-order chi connectivity index (χ1) is 9.06. The minimum atomic E-state index is 0.129. The average molecular weight is 260 g/mol. The number of hydrogen-bond acceptors (Lipinski definition) is 5. The van der Waals surface area contributed by atoms with E-state index in [-0.39, 0.29) is 11.5 Å². The van der Waals surface area contributed by atoms with E-state index in [1.807, 2.05) is 0 Å². The second-order valence-electron chi connectivity index (χ2n) is 4.26. The highest BCUT2D eigenvalue weighted by molar-refractivity contribution is 5.51. The van der Waals surface area contributed by atoms with Crippen LogP contribution >= 0.6 is 0 Å². The molecule has 6 N–H and O–H groups in total. The van der Waals surface area contributed by atoms with Crippen LogP contribution in [0.5, 0.6) is 11.5 Å². The van der Waals surface area contributed by atoms with E-state index in [4.69, 9.17) is 16.2 Å². The monoisotopic (exact) mass is 260 g/mol. The maximum Gasteiger partial charge on any atom is 0.117 e. The minimum absolute atomic E-state index is 0.129. The van der Waals surface area contributed by atoms with Crippen LogP contribution in [0.3, 0.4) is 0 Å². The van der Waals surface area contributed by atoms with E-state index < -0.39 is 0 Å². The molecule has 19 heavy (non-hydrogen) atoms. The first kappa shape index (κ1) is 13.0. The molecule has 0 heterocycles. The van der Waals surface area contributed by atoms with Crippen LogP contribution < -0.4 is 11.5 Å². The van der Waals surface area contributed by atoms with Gasteiger partial charge < -0.3 is 26.4 Å². The molecule has 2 aromatic carbocycles. The number of phenolic OH excluding ortho intramolecular Hbond substituents is 2. The topological polar surface area (TPSA) is 102 Å². The zero-order chi connectivity index (χ0) is 13.8. The molecule has 0 fully saturated rings. The smallest absolute Gasteiger partial charge is 0.117 e. The van der Waals surface area contributed by atoms with Crippen LogP contribution in [0.4, 0.5) is 11.4 Å². The van der Waals surface area contributed by atoms with E-state index in [0.29, 0.717) is 24.6 Å². The van der Waals surface area contributed by atoms with Crippen LogP contribution in [0.25, 0.3) is 0 Å². The van der Waals surface area contributed by atoms with Gasteiger partial charge in [-0.15, -0.1) is 0 Å². The fourth-order valence-corrected chi connectivity index (χ4v) is 1.70. The van der Waals surface area contributed by atoms with E-state index in [1.54, 1.807) is 24.3 Å². The molecular formula is C14H16N2O3. The number of phenols is 2. The number of aromatic hydroxyl groups is 2. The van der Waals surface area contributed by atoms with Crippen LogP contribution in [0.15, 0.2) is 36.4 Å². The second kappa shape index (κ2) is 5.49. The Morgan fingerprint density at radius 3 is 1.58 bits per heavy atom. The molecule has 0 radical (unpaired) electrons. The third kappa shape index (κ3) is 3.29. The van der Waals surface area contributed by atoms with E-state index in [0.717, 1.165) is 11.1 Å². The van der Waals surface area contributed by atoms with E-state index in [9.17, 15) is 10.2 Å². The van der Waals surface area contributed by atoms with Crippen molar-refractivity contribution in [1.82, 2.24) is 0 Å². The molecule has 0 spiro atoms. The van der Waals surface area contributed by atoms with E-state index in [1.165, 1.54) is 12.1 Å². The largest absolute Gasteiger partial charge is 0.508 e. The lowest BCUT2D eigenvalue weighted by molar-refractivity contribution is 0.108. The van der Waals surface area contributed by atoms with Crippen molar-refractivity contribution < 1.29 is 14.9 Å². The molecule has 0 aromatic heterocycles. The molecule has 2 rings (SSSR count). The van der Waals surface area contributed by atoms with Gasteiger partial charge in [0.25, 0.3) is 0 Å². The van der Waals surface area contributed by atoms with Crippen molar-refractivity contribution in [2.24, 2.45) is 0 Å². The van der Waals surface area contributed by atoms with E-state index in [2.05, 4.69) is 0 Å². The molecule has 0 unspecified atom stereocenters. The van der Waals surface area contributed by atoms with Crippen molar-refractivity contribution in [3.05, 3.63) is 47.5 Å². The molecule has 0 amide bonds. The average Bonchev–Trinajstić information content (AvgIpc) is 2.34. The van der Waals surface area contributed by atoms with Gasteiger partial charge >= 0.3 is 0 Å². The van der Waals surface area contributed by atoms with Crippen LogP contribution in [0.2, 0.25) is 0 Å². The number of benzene rings is 2. The van der Waals surface area contributed by atoms with Crippen LogP contribution in [0, 0.1) is 0 Å². The summed E-state index contributed by atoms with van der Waals surface area (Å²) in [6.45, 7) is 0.652. The predicted octanol–water partition coefficient (Wildman–Crippen LogP) is 1.98. The Labute approximate surface area is 111 Å². The molecule has 5 nitrogen and oxygen atoms in total. The second-order valence-corrected chi connectivity index (χ2v) is 4.26. The van der Waals surface area contributed by atoms with Gasteiger partial charge in [0, 0.05) is 34.6 Å². The lowest BCUT2D eigenvalue weighted by Crippen LogP contribution is -2.00. The Kier molecular flexibility index (Phi) is 3.77. The third-order valence-electron chi connectivity index (χ3n) is 2.77. The zero-order valence-electron chi connectivity index (χ0n) is 10.3. The molecule has 0 aliphatic rings. The van der Waals surface area contributed by atoms with E-state index >= 15 is 0 Å². The molecular weight excluding hydrogens is 244 g/mol. The normalized spacial score (nSPS) is 10.5. The summed E-state index contributed by atoms with van der Waals surface area (Å²) in [6.07, 6.45) is 0. The lowest BCUT2D eigenvalue weighted by atomic mass is 10.1. The van der Waals surface area contributed by atoms with Gasteiger partial charge in [-0.3, -0.25) is 0 Å². The molecule has 2 aromatic rings. The van der Waals surface area contributed by atoms with Gasteiger partial charge in [0.05, 0.1) is 13.2 Å². The van der Waals surface area contributed by atoms with Gasteiger partial charge in [0.2, 0.25) is 0 Å². The summed E-state index contributed by atoms with van der Waals surface area (Å²) in [5, 5.41) is 18.5. The van der Waals surface area contributed by atoms with Crippen molar-refractivity contribution in [2.45, 2.75) is 13.2 Å². The number of nitrogen functional groups attached to an aromatic ring is 2. The van der Waals surface area contributed by atoms with Crippen LogP contribution in [0.1, 0.15) is 11.1 Å². The molecule has 0 aliphatic heterocycles. The number of ether oxygens (including phenoxy) is 1. The van der Waals surface area contributed by atoms with Gasteiger partial charge in [-0.2, -0.15) is 0 Å². The molecule has 5 heteroatoms. The first-order valence-electron chi connectivity index (χ1n) is 5.79. The first-order valence-corrected chi connectivity index (χ1v) is 5.79. The summed E-state index contributed by atoms with van der Waals surface area (Å²) in [7, 11) is 0. The Bertz CT molecular complexity index is 533. The summed E-state index contributed by atoms with van der Waals surface area (Å²) in [6, 6.07) is 9.50. The molecule has 0 saturated carbocycles. The van der Waals surface area contributed by atoms with Crippen molar-refractivity contribution in [3.8, 4) is 11.5 Å². The maximum atomic E-state index is 9.24. The highest BCUT2D eigenvalue weighted by Gasteiger charge is 2.03. The maximum absolute atomic E-state index is 9.24. The lowest BCUT2D eigenvalue weighted by Gasteiger charge is -2.09. The Morgan fingerprint density at radius 2 is 1.21 bits per heavy atom. The number of anilines is 2. The van der Waals surface area contributed by atoms with Crippen LogP contribution in [-0.4, -0.2) is 10.2 Å². The van der Waals surface area contributed by atoms with Crippen LogP contribution in [-0.2, 0) is 18.0 Å². The minimum Gasteiger partial charge on any atom is -0.508 e. The fraction of sp³-hybridized carbons (Fsp3) is 0.143. The number of rotatable bonds is 4. The van der Waals surface area contributed by atoms with Crippen molar-refractivity contribution >= 4 is 11.4 Å². The van der Waals surface area contributed by atoms with Gasteiger partial charge in [0.1, 0.15) is 11.5 Å². The number of hydrogen-bond donors (Lipinski definition) is 4. The summed E-state index contributed by atoms with van der Waals surface area (Å²) in [4.78, 5) is 0. The number of nitrogens with two attached hydrogens (primary N) is 2. The SMILES string of the molecule is Nc1cc(O)ccc1COCc1ccc(O)cc1N. The fourth-order valence-electron chi connectivity index (χ4n) is 1.70. The molecule has 0 bridgehead atoms. The van der Waals surface area contributed by atoms with Gasteiger partial charge in [-0.25, -0.2) is 0 Å². The summed E-state index contributed by atoms with van der Waals surface area (Å²) in [5.74, 6) is 0.257. The summed E-state index contributed by atoms with van der Waals surface area (Å²) >= 11 is 0. The Morgan fingerprint density at radius 1 is 0.789 bits per heavy atom. The highest BCUT2D eigenvalue weighted by atomic mass is 16.5. The Hall–Kier alpha value is -2.40. The van der Waals surface area contributed by atoms with Crippen molar-refractivity contribution in [3.63, 3.8) is 0 Å². The molecule has 0 saturated heterocycles. The van der Waals surface area contributed by atoms with Gasteiger partial charge in [0.15, 0.2) is 0 Å². The highest BCUT2D eigenvalue weighted by Crippen LogP contribution is 2.22. The molecule has 100 valence electrons. The predicted molar refractivity (Wildman–Crippen MR) is 73.5 cm³/mol. The molecule has 0 aliphatic carbocycles. The van der Waals surface area contributed by atoms with Gasteiger partial charge in [-0.1, -0.05) is 12.1 Å². The molecule has 0 atom stereocenters. The van der Waals surface area contributed by atoms with Crippen molar-refractivity contribution in [1.29, 1.82) is 0 Å².